The van der Waals surface area contributed by atoms with Gasteiger partial charge in [-0.1, -0.05) is 25.9 Å². The predicted molar refractivity (Wildman–Crippen MR) is 101 cm³/mol. The molecule has 0 saturated carbocycles. The number of pyridine rings is 1. The average molecular weight is 368 g/mol. The number of nitrogens with zero attached hydrogens (tertiary/aromatic N) is 5. The molecule has 0 unspecified atom stereocenters. The van der Waals surface area contributed by atoms with Crippen LogP contribution in [0.4, 0.5) is 11.7 Å². The van der Waals surface area contributed by atoms with Gasteiger partial charge in [-0.15, -0.1) is 0 Å². The summed E-state index contributed by atoms with van der Waals surface area (Å²) in [5.41, 5.74) is 1.25. The van der Waals surface area contributed by atoms with E-state index < -0.39 is 0 Å². The zero-order valence-corrected chi connectivity index (χ0v) is 15.9. The maximum absolute atomic E-state index is 12.3. The van der Waals surface area contributed by atoms with E-state index in [1.54, 1.807) is 24.4 Å². The first-order valence-corrected chi connectivity index (χ1v) is 8.96. The first-order valence-electron chi connectivity index (χ1n) is 8.96. The lowest BCUT2D eigenvalue weighted by atomic mass is 9.92. The number of hydrogen-bond acceptors (Lipinski definition) is 7. The Bertz CT molecular complexity index is 840. The van der Waals surface area contributed by atoms with Crippen LogP contribution in [-0.4, -0.2) is 53.7 Å². The van der Waals surface area contributed by atoms with Gasteiger partial charge in [-0.25, -0.2) is 4.98 Å². The van der Waals surface area contributed by atoms with E-state index in [0.717, 1.165) is 31.9 Å². The minimum Gasteiger partial charge on any atom is -0.353 e. The molecule has 8 heteroatoms. The molecule has 1 aliphatic rings. The van der Waals surface area contributed by atoms with E-state index in [-0.39, 0.29) is 17.9 Å². The average Bonchev–Trinajstić information content (AvgIpc) is 3.11. The van der Waals surface area contributed by atoms with Gasteiger partial charge in [0, 0.05) is 43.9 Å². The van der Waals surface area contributed by atoms with Gasteiger partial charge in [0.2, 0.25) is 11.8 Å². The van der Waals surface area contributed by atoms with Gasteiger partial charge in [0.15, 0.2) is 0 Å². The zero-order chi connectivity index (χ0) is 19.4. The van der Waals surface area contributed by atoms with Crippen molar-refractivity contribution in [1.82, 2.24) is 15.0 Å². The van der Waals surface area contributed by atoms with Crippen molar-refractivity contribution < 1.29 is 9.32 Å². The monoisotopic (exact) mass is 368 g/mol. The lowest BCUT2D eigenvalue weighted by Crippen LogP contribution is -2.49. The molecule has 0 radical (unpaired) electrons. The van der Waals surface area contributed by atoms with Crippen molar-refractivity contribution in [3.05, 3.63) is 35.7 Å². The van der Waals surface area contributed by atoms with Crippen molar-refractivity contribution in [2.75, 3.05) is 42.9 Å². The number of anilines is 2. The van der Waals surface area contributed by atoms with Crippen LogP contribution in [0.2, 0.25) is 0 Å². The fraction of sp³-hybridized carbons (Fsp3) is 0.474. The Kier molecular flexibility index (Phi) is 5.42. The predicted octanol–water partition coefficient (Wildman–Crippen LogP) is 2.00. The van der Waals surface area contributed by atoms with Crippen molar-refractivity contribution in [1.29, 1.82) is 5.26 Å². The lowest BCUT2D eigenvalue weighted by Gasteiger charge is -2.35. The van der Waals surface area contributed by atoms with Gasteiger partial charge in [0.1, 0.15) is 11.9 Å². The molecular weight excluding hydrogens is 344 g/mol. The molecule has 142 valence electrons. The van der Waals surface area contributed by atoms with E-state index in [1.165, 1.54) is 0 Å². The SMILES string of the molecule is CC(C)(C)c1cc(NC(=O)CN2CCN(c3ncccc3C#N)CC2)on1. The van der Waals surface area contributed by atoms with Crippen LogP contribution >= 0.6 is 0 Å². The molecule has 0 bridgehead atoms. The quantitative estimate of drug-likeness (QED) is 0.881. The van der Waals surface area contributed by atoms with Gasteiger partial charge in [0.25, 0.3) is 0 Å². The van der Waals surface area contributed by atoms with Gasteiger partial charge in [-0.05, 0) is 12.1 Å². The second kappa shape index (κ2) is 7.76. The summed E-state index contributed by atoms with van der Waals surface area (Å²) in [6, 6.07) is 7.47. The summed E-state index contributed by atoms with van der Waals surface area (Å²) in [7, 11) is 0. The van der Waals surface area contributed by atoms with E-state index in [1.807, 2.05) is 20.8 Å². The molecule has 0 aliphatic carbocycles. The molecule has 8 nitrogen and oxygen atoms in total. The largest absolute Gasteiger partial charge is 0.353 e. The number of piperazine rings is 1. The third-order valence-corrected chi connectivity index (χ3v) is 4.49. The summed E-state index contributed by atoms with van der Waals surface area (Å²) < 4.78 is 5.20. The van der Waals surface area contributed by atoms with Crippen molar-refractivity contribution in [3.63, 3.8) is 0 Å². The second-order valence-electron chi connectivity index (χ2n) is 7.62. The molecule has 0 aromatic carbocycles. The summed E-state index contributed by atoms with van der Waals surface area (Å²) in [5, 5.41) is 16.0. The summed E-state index contributed by atoms with van der Waals surface area (Å²) in [6.07, 6.45) is 1.69. The highest BCUT2D eigenvalue weighted by Gasteiger charge is 2.23. The van der Waals surface area contributed by atoms with Crippen LogP contribution in [0.25, 0.3) is 0 Å². The maximum Gasteiger partial charge on any atom is 0.240 e. The number of amides is 1. The Morgan fingerprint density at radius 3 is 2.70 bits per heavy atom. The molecule has 1 amide bonds. The van der Waals surface area contributed by atoms with E-state index in [4.69, 9.17) is 4.52 Å². The minimum atomic E-state index is -0.129. The van der Waals surface area contributed by atoms with Crippen molar-refractivity contribution in [2.24, 2.45) is 0 Å². The van der Waals surface area contributed by atoms with Gasteiger partial charge >= 0.3 is 0 Å². The Morgan fingerprint density at radius 2 is 2.07 bits per heavy atom. The van der Waals surface area contributed by atoms with Crippen molar-refractivity contribution in [2.45, 2.75) is 26.2 Å². The van der Waals surface area contributed by atoms with Crippen LogP contribution < -0.4 is 10.2 Å². The zero-order valence-electron chi connectivity index (χ0n) is 15.9. The molecule has 1 fully saturated rings. The maximum atomic E-state index is 12.3. The number of aromatic nitrogens is 2. The van der Waals surface area contributed by atoms with Crippen LogP contribution in [0.15, 0.2) is 28.9 Å². The molecule has 1 aliphatic heterocycles. The number of carbonyl (C=O) groups is 1. The smallest absolute Gasteiger partial charge is 0.240 e. The van der Waals surface area contributed by atoms with E-state index in [0.29, 0.717) is 17.3 Å². The molecule has 1 N–H and O–H groups in total. The summed E-state index contributed by atoms with van der Waals surface area (Å²) >= 11 is 0. The Morgan fingerprint density at radius 1 is 1.33 bits per heavy atom. The second-order valence-corrected chi connectivity index (χ2v) is 7.62. The first kappa shape index (κ1) is 18.9. The molecule has 2 aromatic heterocycles. The highest BCUT2D eigenvalue weighted by atomic mass is 16.5. The van der Waals surface area contributed by atoms with Crippen molar-refractivity contribution in [3.8, 4) is 6.07 Å². The number of rotatable bonds is 4. The summed E-state index contributed by atoms with van der Waals surface area (Å²) in [5.74, 6) is 0.951. The fourth-order valence-electron chi connectivity index (χ4n) is 2.92. The van der Waals surface area contributed by atoms with Gasteiger partial charge in [0.05, 0.1) is 17.8 Å². The highest BCUT2D eigenvalue weighted by Crippen LogP contribution is 2.23. The minimum absolute atomic E-state index is 0.128. The Hall–Kier alpha value is -2.92. The normalized spacial score (nSPS) is 15.4. The van der Waals surface area contributed by atoms with Crippen LogP contribution in [0.1, 0.15) is 32.0 Å². The van der Waals surface area contributed by atoms with Gasteiger partial charge in [-0.3, -0.25) is 15.0 Å². The first-order chi connectivity index (χ1) is 12.9. The van der Waals surface area contributed by atoms with Gasteiger partial charge < -0.3 is 9.42 Å². The van der Waals surface area contributed by atoms with E-state index in [9.17, 15) is 10.1 Å². The number of nitriles is 1. The summed E-state index contributed by atoms with van der Waals surface area (Å²) in [4.78, 5) is 20.8. The molecule has 1 saturated heterocycles. The molecular formula is C19H24N6O2. The standard InChI is InChI=1S/C19H24N6O2/c1-19(2,3)15-11-17(27-23-15)22-16(26)13-24-7-9-25(10-8-24)18-14(12-20)5-4-6-21-18/h4-6,11H,7-10,13H2,1-3H3,(H,22,26). The van der Waals surface area contributed by atoms with E-state index >= 15 is 0 Å². The number of nitrogens with one attached hydrogen (secondary N) is 1. The number of carbonyl (C=O) groups excluding carboxylic acids is 1. The molecule has 3 heterocycles. The molecule has 3 rings (SSSR count). The summed E-state index contributed by atoms with van der Waals surface area (Å²) in [6.45, 7) is 9.27. The Balaban J connectivity index is 1.51. The number of hydrogen-bond donors (Lipinski definition) is 1. The topological polar surface area (TPSA) is 98.3 Å². The third-order valence-electron chi connectivity index (χ3n) is 4.49. The molecule has 27 heavy (non-hydrogen) atoms. The van der Waals surface area contributed by atoms with Crippen LogP contribution in [0.5, 0.6) is 0 Å². The highest BCUT2D eigenvalue weighted by molar-refractivity contribution is 5.91. The molecule has 0 spiro atoms. The van der Waals surface area contributed by atoms with Crippen LogP contribution in [-0.2, 0) is 10.2 Å². The van der Waals surface area contributed by atoms with Crippen LogP contribution in [0.3, 0.4) is 0 Å². The van der Waals surface area contributed by atoms with Crippen LogP contribution in [0, 0.1) is 11.3 Å². The Labute approximate surface area is 158 Å². The fourth-order valence-corrected chi connectivity index (χ4v) is 2.92. The molecule has 2 aromatic rings. The van der Waals surface area contributed by atoms with E-state index in [2.05, 4.69) is 31.3 Å². The lowest BCUT2D eigenvalue weighted by molar-refractivity contribution is -0.117. The van der Waals surface area contributed by atoms with Gasteiger partial charge in [-0.2, -0.15) is 5.26 Å². The molecule has 0 atom stereocenters. The third kappa shape index (κ3) is 4.63. The van der Waals surface area contributed by atoms with Crippen molar-refractivity contribution >= 4 is 17.6 Å².